The summed E-state index contributed by atoms with van der Waals surface area (Å²) in [6.45, 7) is 3.22. The van der Waals surface area contributed by atoms with Gasteiger partial charge in [-0.05, 0) is 31.2 Å². The van der Waals surface area contributed by atoms with Crippen LogP contribution in [-0.4, -0.2) is 46.6 Å². The summed E-state index contributed by atoms with van der Waals surface area (Å²) in [5.41, 5.74) is 1.83. The molecule has 6 heteroatoms. The molecule has 3 rings (SSSR count). The van der Waals surface area contributed by atoms with Gasteiger partial charge < -0.3 is 9.84 Å². The zero-order valence-corrected chi connectivity index (χ0v) is 12.5. The lowest BCUT2D eigenvalue weighted by atomic mass is 9.86. The largest absolute Gasteiger partial charge is 0.483 e. The van der Waals surface area contributed by atoms with Crippen LogP contribution in [0.2, 0.25) is 0 Å². The molecule has 1 aromatic heterocycles. The van der Waals surface area contributed by atoms with E-state index in [0.717, 1.165) is 6.54 Å². The normalized spacial score (nSPS) is 20.0. The monoisotopic (exact) mass is 293 g/mol. The Labute approximate surface area is 125 Å². The summed E-state index contributed by atoms with van der Waals surface area (Å²) in [6.07, 6.45) is 10.9. The summed E-state index contributed by atoms with van der Waals surface area (Å²) in [6, 6.07) is 0.451. The summed E-state index contributed by atoms with van der Waals surface area (Å²) >= 11 is 0. The molecular formula is C15H23N3O3. The van der Waals surface area contributed by atoms with Crippen molar-refractivity contribution in [3.8, 4) is 6.01 Å². The summed E-state index contributed by atoms with van der Waals surface area (Å²) < 4.78 is 4.98. The summed E-state index contributed by atoms with van der Waals surface area (Å²) in [4.78, 5) is 19.2. The van der Waals surface area contributed by atoms with Crippen LogP contribution < -0.4 is 4.74 Å². The van der Waals surface area contributed by atoms with Gasteiger partial charge in [-0.1, -0.05) is 12.8 Å². The average Bonchev–Trinajstić information content (AvgIpc) is 3.11. The maximum atomic E-state index is 8.36. The SMILES string of the molecule is COc1ncc(CN2CCC3(CCCC3)C2)cn1.O=CO. The van der Waals surface area contributed by atoms with Gasteiger partial charge >= 0.3 is 6.01 Å². The third-order valence-corrected chi connectivity index (χ3v) is 4.45. The van der Waals surface area contributed by atoms with Gasteiger partial charge in [0, 0.05) is 31.0 Å². The highest BCUT2D eigenvalue weighted by molar-refractivity contribution is 5.32. The molecule has 1 aliphatic heterocycles. The van der Waals surface area contributed by atoms with E-state index >= 15 is 0 Å². The highest BCUT2D eigenvalue weighted by Gasteiger charge is 2.39. The predicted octanol–water partition coefficient (Wildman–Crippen LogP) is 1.95. The fraction of sp³-hybridized carbons (Fsp3) is 0.667. The van der Waals surface area contributed by atoms with E-state index in [1.807, 2.05) is 12.4 Å². The van der Waals surface area contributed by atoms with Gasteiger partial charge in [0.1, 0.15) is 0 Å². The Hall–Kier alpha value is -1.69. The van der Waals surface area contributed by atoms with E-state index in [0.29, 0.717) is 11.4 Å². The second-order valence-corrected chi connectivity index (χ2v) is 5.85. The maximum absolute atomic E-state index is 8.36. The summed E-state index contributed by atoms with van der Waals surface area (Å²) in [5.74, 6) is 0. The molecule has 6 nitrogen and oxygen atoms in total. The third-order valence-electron chi connectivity index (χ3n) is 4.45. The number of carboxylic acid groups (broad SMARTS) is 1. The Balaban J connectivity index is 0.000000497. The molecule has 1 saturated heterocycles. The van der Waals surface area contributed by atoms with Crippen molar-refractivity contribution < 1.29 is 14.6 Å². The first-order chi connectivity index (χ1) is 10.2. The van der Waals surface area contributed by atoms with E-state index in [4.69, 9.17) is 14.6 Å². The lowest BCUT2D eigenvalue weighted by Crippen LogP contribution is -2.24. The van der Waals surface area contributed by atoms with Gasteiger partial charge in [-0.15, -0.1) is 0 Å². The molecule has 1 saturated carbocycles. The van der Waals surface area contributed by atoms with Crippen LogP contribution in [0.1, 0.15) is 37.7 Å². The number of hydrogen-bond donors (Lipinski definition) is 1. The second-order valence-electron chi connectivity index (χ2n) is 5.85. The van der Waals surface area contributed by atoms with Crippen LogP contribution in [0.15, 0.2) is 12.4 Å². The van der Waals surface area contributed by atoms with Gasteiger partial charge in [0.25, 0.3) is 6.47 Å². The molecule has 2 aliphatic rings. The molecule has 0 atom stereocenters. The third kappa shape index (κ3) is 4.14. The molecule has 0 amide bonds. The molecule has 0 bridgehead atoms. The van der Waals surface area contributed by atoms with Gasteiger partial charge in [-0.25, -0.2) is 9.97 Å². The van der Waals surface area contributed by atoms with E-state index in [1.54, 1.807) is 7.11 Å². The fourth-order valence-electron chi connectivity index (χ4n) is 3.48. The van der Waals surface area contributed by atoms with Crippen LogP contribution in [0, 0.1) is 5.41 Å². The number of rotatable bonds is 3. The maximum Gasteiger partial charge on any atom is 0.316 e. The van der Waals surface area contributed by atoms with E-state index < -0.39 is 0 Å². The van der Waals surface area contributed by atoms with E-state index in [2.05, 4.69) is 14.9 Å². The molecule has 0 unspecified atom stereocenters. The Morgan fingerprint density at radius 1 is 1.33 bits per heavy atom. The Morgan fingerprint density at radius 3 is 2.52 bits per heavy atom. The first kappa shape index (κ1) is 15.7. The number of carbonyl (C=O) groups is 1. The van der Waals surface area contributed by atoms with Crippen molar-refractivity contribution in [3.05, 3.63) is 18.0 Å². The fourth-order valence-corrected chi connectivity index (χ4v) is 3.48. The molecule has 116 valence electrons. The minimum atomic E-state index is -0.250. The van der Waals surface area contributed by atoms with Crippen molar-refractivity contribution in [2.24, 2.45) is 5.41 Å². The van der Waals surface area contributed by atoms with Crippen LogP contribution in [0.3, 0.4) is 0 Å². The van der Waals surface area contributed by atoms with Crippen LogP contribution in [0.5, 0.6) is 6.01 Å². The minimum Gasteiger partial charge on any atom is -0.483 e. The molecule has 2 fully saturated rings. The average molecular weight is 293 g/mol. The Bertz CT molecular complexity index is 444. The number of hydrogen-bond acceptors (Lipinski definition) is 5. The predicted molar refractivity (Wildman–Crippen MR) is 78.1 cm³/mol. The van der Waals surface area contributed by atoms with Crippen molar-refractivity contribution >= 4 is 6.47 Å². The lowest BCUT2D eigenvalue weighted by molar-refractivity contribution is -0.122. The molecule has 2 heterocycles. The lowest BCUT2D eigenvalue weighted by Gasteiger charge is -2.23. The molecular weight excluding hydrogens is 270 g/mol. The smallest absolute Gasteiger partial charge is 0.316 e. The van der Waals surface area contributed by atoms with Crippen LogP contribution in [0.25, 0.3) is 0 Å². The zero-order valence-electron chi connectivity index (χ0n) is 12.5. The molecule has 1 spiro atoms. The zero-order chi connectivity index (χ0) is 15.1. The van der Waals surface area contributed by atoms with Crippen molar-refractivity contribution in [2.45, 2.75) is 38.6 Å². The van der Waals surface area contributed by atoms with Gasteiger partial charge in [-0.2, -0.15) is 0 Å². The first-order valence-electron chi connectivity index (χ1n) is 7.36. The van der Waals surface area contributed by atoms with Crippen molar-refractivity contribution in [2.75, 3.05) is 20.2 Å². The minimum absolute atomic E-state index is 0.250. The molecule has 1 aliphatic carbocycles. The topological polar surface area (TPSA) is 75.5 Å². The number of nitrogens with zero attached hydrogens (tertiary/aromatic N) is 3. The van der Waals surface area contributed by atoms with E-state index in [1.165, 1.54) is 50.8 Å². The van der Waals surface area contributed by atoms with Crippen molar-refractivity contribution in [1.29, 1.82) is 0 Å². The van der Waals surface area contributed by atoms with Gasteiger partial charge in [0.2, 0.25) is 0 Å². The number of ether oxygens (including phenoxy) is 1. The second kappa shape index (κ2) is 7.36. The number of aromatic nitrogens is 2. The van der Waals surface area contributed by atoms with E-state index in [9.17, 15) is 0 Å². The molecule has 0 radical (unpaired) electrons. The standard InChI is InChI=1S/C14H21N3O.CH2O2/c1-18-13-15-8-12(9-16-13)10-17-7-6-14(11-17)4-2-3-5-14;2-1-3/h8-9H,2-7,10-11H2,1H3;1H,(H,2,3). The number of likely N-dealkylation sites (tertiary alicyclic amines) is 1. The van der Waals surface area contributed by atoms with Gasteiger partial charge in [0.05, 0.1) is 7.11 Å². The van der Waals surface area contributed by atoms with E-state index in [-0.39, 0.29) is 6.47 Å². The summed E-state index contributed by atoms with van der Waals surface area (Å²) in [5, 5.41) is 6.89. The molecule has 1 N–H and O–H groups in total. The number of methoxy groups -OCH3 is 1. The van der Waals surface area contributed by atoms with Gasteiger partial charge in [0.15, 0.2) is 0 Å². The molecule has 1 aromatic rings. The highest BCUT2D eigenvalue weighted by Crippen LogP contribution is 2.45. The highest BCUT2D eigenvalue weighted by atomic mass is 16.5. The Morgan fingerprint density at radius 2 is 1.95 bits per heavy atom. The first-order valence-corrected chi connectivity index (χ1v) is 7.36. The van der Waals surface area contributed by atoms with Crippen molar-refractivity contribution in [1.82, 2.24) is 14.9 Å². The Kier molecular flexibility index (Phi) is 5.50. The van der Waals surface area contributed by atoms with Crippen molar-refractivity contribution in [3.63, 3.8) is 0 Å². The molecule has 0 aromatic carbocycles. The van der Waals surface area contributed by atoms with Gasteiger partial charge in [-0.3, -0.25) is 9.69 Å². The summed E-state index contributed by atoms with van der Waals surface area (Å²) in [7, 11) is 1.60. The van der Waals surface area contributed by atoms with Crippen LogP contribution in [0.4, 0.5) is 0 Å². The molecule has 21 heavy (non-hydrogen) atoms. The van der Waals surface area contributed by atoms with Crippen LogP contribution >= 0.6 is 0 Å². The van der Waals surface area contributed by atoms with Crippen LogP contribution in [-0.2, 0) is 11.3 Å². The quantitative estimate of drug-likeness (QED) is 0.859.